The van der Waals surface area contributed by atoms with Crippen LogP contribution in [-0.4, -0.2) is 49.6 Å². The molecule has 1 aromatic carbocycles. The molecule has 96 valence electrons. The van der Waals surface area contributed by atoms with E-state index in [2.05, 4.69) is 5.32 Å². The molecule has 5 heteroatoms. The van der Waals surface area contributed by atoms with Crippen molar-refractivity contribution < 1.29 is 9.18 Å². The molecular formula is C13H16FN3O. The van der Waals surface area contributed by atoms with Crippen LogP contribution in [0.5, 0.6) is 0 Å². The molecule has 2 heterocycles. The van der Waals surface area contributed by atoms with Gasteiger partial charge in [-0.2, -0.15) is 0 Å². The van der Waals surface area contributed by atoms with Crippen LogP contribution in [0.25, 0.3) is 0 Å². The second-order valence-electron chi connectivity index (χ2n) is 4.80. The summed E-state index contributed by atoms with van der Waals surface area (Å²) in [6.07, 6.45) is 0. The number of nitrogens with zero attached hydrogens (tertiary/aromatic N) is 2. The third-order valence-electron chi connectivity index (χ3n) is 3.62. The average Bonchev–Trinajstić information content (AvgIpc) is 2.39. The van der Waals surface area contributed by atoms with Crippen molar-refractivity contribution in [3.05, 3.63) is 30.1 Å². The number of amides is 1. The minimum atomic E-state index is -0.247. The van der Waals surface area contributed by atoms with E-state index in [0.717, 1.165) is 31.9 Å². The first-order valence-corrected chi connectivity index (χ1v) is 6.25. The standard InChI is InChI=1S/C13H16FN3O/c14-10-1-3-11(4-2-10)16-8-12-7-15-5-6-17(12)13(18)9-16/h1-4,12,15H,5-9H2. The number of carbonyl (C=O) groups excluding carboxylic acids is 1. The van der Waals surface area contributed by atoms with Crippen LogP contribution < -0.4 is 10.2 Å². The first-order chi connectivity index (χ1) is 8.74. The first kappa shape index (κ1) is 11.5. The first-order valence-electron chi connectivity index (χ1n) is 6.25. The summed E-state index contributed by atoms with van der Waals surface area (Å²) in [5, 5.41) is 3.31. The molecule has 1 atom stereocenters. The summed E-state index contributed by atoms with van der Waals surface area (Å²) in [5.41, 5.74) is 0.912. The van der Waals surface area contributed by atoms with Crippen molar-refractivity contribution in [2.75, 3.05) is 37.6 Å². The summed E-state index contributed by atoms with van der Waals surface area (Å²) < 4.78 is 12.9. The van der Waals surface area contributed by atoms with Gasteiger partial charge in [0.05, 0.1) is 12.6 Å². The average molecular weight is 249 g/mol. The van der Waals surface area contributed by atoms with Crippen LogP contribution in [0.15, 0.2) is 24.3 Å². The van der Waals surface area contributed by atoms with Gasteiger partial charge in [-0.25, -0.2) is 4.39 Å². The van der Waals surface area contributed by atoms with E-state index in [1.165, 1.54) is 12.1 Å². The molecule has 18 heavy (non-hydrogen) atoms. The molecule has 0 spiro atoms. The van der Waals surface area contributed by atoms with Gasteiger partial charge in [0.1, 0.15) is 5.82 Å². The molecule has 0 saturated carbocycles. The number of hydrogen-bond acceptors (Lipinski definition) is 3. The maximum absolute atomic E-state index is 12.9. The molecule has 1 amide bonds. The lowest BCUT2D eigenvalue weighted by molar-refractivity contribution is -0.134. The fraction of sp³-hybridized carbons (Fsp3) is 0.462. The van der Waals surface area contributed by atoms with Crippen LogP contribution in [0.1, 0.15) is 0 Å². The lowest BCUT2D eigenvalue weighted by Gasteiger charge is -2.44. The Balaban J connectivity index is 1.78. The minimum Gasteiger partial charge on any atom is -0.360 e. The normalized spacial score (nSPS) is 24.1. The van der Waals surface area contributed by atoms with Crippen LogP contribution in [-0.2, 0) is 4.79 Å². The Morgan fingerprint density at radius 1 is 1.28 bits per heavy atom. The molecule has 2 aliphatic heterocycles. The minimum absolute atomic E-state index is 0.164. The van der Waals surface area contributed by atoms with Gasteiger partial charge in [-0.1, -0.05) is 0 Å². The number of halogens is 1. The van der Waals surface area contributed by atoms with E-state index in [4.69, 9.17) is 0 Å². The van der Waals surface area contributed by atoms with Crippen molar-refractivity contribution in [1.29, 1.82) is 0 Å². The Morgan fingerprint density at radius 3 is 2.83 bits per heavy atom. The SMILES string of the molecule is O=C1CN(c2ccc(F)cc2)CC2CNCCN12. The van der Waals surface area contributed by atoms with Gasteiger partial charge in [-0.3, -0.25) is 4.79 Å². The zero-order valence-corrected chi connectivity index (χ0v) is 10.1. The molecule has 0 bridgehead atoms. The molecule has 4 nitrogen and oxygen atoms in total. The highest BCUT2D eigenvalue weighted by Crippen LogP contribution is 2.20. The Bertz CT molecular complexity index is 448. The van der Waals surface area contributed by atoms with Crippen molar-refractivity contribution >= 4 is 11.6 Å². The number of piperazine rings is 2. The summed E-state index contributed by atoms with van der Waals surface area (Å²) in [4.78, 5) is 16.0. The Morgan fingerprint density at radius 2 is 2.06 bits per heavy atom. The molecule has 2 fully saturated rings. The smallest absolute Gasteiger partial charge is 0.242 e. The number of nitrogens with one attached hydrogen (secondary N) is 1. The van der Waals surface area contributed by atoms with Crippen LogP contribution in [0, 0.1) is 5.82 Å². The van der Waals surface area contributed by atoms with Crippen molar-refractivity contribution in [1.82, 2.24) is 10.2 Å². The molecule has 3 rings (SSSR count). The molecule has 0 radical (unpaired) electrons. The molecule has 2 aliphatic rings. The van der Waals surface area contributed by atoms with Crippen molar-refractivity contribution in [3.63, 3.8) is 0 Å². The highest BCUT2D eigenvalue weighted by atomic mass is 19.1. The molecule has 2 saturated heterocycles. The highest BCUT2D eigenvalue weighted by Gasteiger charge is 2.33. The van der Waals surface area contributed by atoms with Gasteiger partial charge in [0.15, 0.2) is 0 Å². The van der Waals surface area contributed by atoms with Crippen molar-refractivity contribution in [2.45, 2.75) is 6.04 Å². The van der Waals surface area contributed by atoms with Gasteiger partial charge in [-0.05, 0) is 24.3 Å². The maximum atomic E-state index is 12.9. The highest BCUT2D eigenvalue weighted by molar-refractivity contribution is 5.83. The Labute approximate surface area is 105 Å². The van der Waals surface area contributed by atoms with Gasteiger partial charge >= 0.3 is 0 Å². The van der Waals surface area contributed by atoms with E-state index in [1.54, 1.807) is 12.1 Å². The lowest BCUT2D eigenvalue weighted by atomic mass is 10.1. The van der Waals surface area contributed by atoms with Crippen molar-refractivity contribution in [2.24, 2.45) is 0 Å². The van der Waals surface area contributed by atoms with Crippen LogP contribution in [0.2, 0.25) is 0 Å². The largest absolute Gasteiger partial charge is 0.360 e. The topological polar surface area (TPSA) is 35.6 Å². The monoisotopic (exact) mass is 249 g/mol. The summed E-state index contributed by atoms with van der Waals surface area (Å²) in [6, 6.07) is 6.56. The van der Waals surface area contributed by atoms with Gasteiger partial charge < -0.3 is 15.1 Å². The zero-order chi connectivity index (χ0) is 12.5. The summed E-state index contributed by atoms with van der Waals surface area (Å²) in [6.45, 7) is 3.70. The fourth-order valence-corrected chi connectivity index (χ4v) is 2.67. The predicted molar refractivity (Wildman–Crippen MR) is 67.0 cm³/mol. The predicted octanol–water partition coefficient (Wildman–Crippen LogP) is 0.446. The van der Waals surface area contributed by atoms with Crippen LogP contribution in [0.3, 0.4) is 0 Å². The van der Waals surface area contributed by atoms with E-state index >= 15 is 0 Å². The number of anilines is 1. The lowest BCUT2D eigenvalue weighted by Crippen LogP contribution is -2.63. The second kappa shape index (κ2) is 4.57. The molecular weight excluding hydrogens is 233 g/mol. The zero-order valence-electron chi connectivity index (χ0n) is 10.1. The van der Waals surface area contributed by atoms with Gasteiger partial charge in [0, 0.05) is 31.9 Å². The molecule has 1 N–H and O–H groups in total. The summed E-state index contributed by atoms with van der Waals surface area (Å²) in [5.74, 6) is -0.0832. The number of hydrogen-bond donors (Lipinski definition) is 1. The Kier molecular flexibility index (Phi) is 2.91. The second-order valence-corrected chi connectivity index (χ2v) is 4.80. The molecule has 1 aromatic rings. The fourth-order valence-electron chi connectivity index (χ4n) is 2.67. The summed E-state index contributed by atoms with van der Waals surface area (Å²) in [7, 11) is 0. The molecule has 0 aromatic heterocycles. The van der Waals surface area contributed by atoms with Crippen molar-refractivity contribution in [3.8, 4) is 0 Å². The number of rotatable bonds is 1. The van der Waals surface area contributed by atoms with Crippen LogP contribution >= 0.6 is 0 Å². The van der Waals surface area contributed by atoms with Gasteiger partial charge in [0.2, 0.25) is 5.91 Å². The third kappa shape index (κ3) is 2.06. The van der Waals surface area contributed by atoms with E-state index < -0.39 is 0 Å². The third-order valence-corrected chi connectivity index (χ3v) is 3.62. The number of carbonyl (C=O) groups is 1. The maximum Gasteiger partial charge on any atom is 0.242 e. The van der Waals surface area contributed by atoms with Crippen LogP contribution in [0.4, 0.5) is 10.1 Å². The number of benzene rings is 1. The quantitative estimate of drug-likeness (QED) is 0.785. The molecule has 1 unspecified atom stereocenters. The van der Waals surface area contributed by atoms with E-state index in [-0.39, 0.29) is 17.8 Å². The van der Waals surface area contributed by atoms with E-state index in [9.17, 15) is 9.18 Å². The summed E-state index contributed by atoms with van der Waals surface area (Å²) >= 11 is 0. The van der Waals surface area contributed by atoms with Gasteiger partial charge in [-0.15, -0.1) is 0 Å². The van der Waals surface area contributed by atoms with Gasteiger partial charge in [0.25, 0.3) is 0 Å². The van der Waals surface area contributed by atoms with E-state index in [1.807, 2.05) is 9.80 Å². The molecule has 0 aliphatic carbocycles. The number of fused-ring (bicyclic) bond motifs is 1. The van der Waals surface area contributed by atoms with E-state index in [0.29, 0.717) is 6.54 Å². The Hall–Kier alpha value is -1.62.